The average Bonchev–Trinajstić information content (AvgIpc) is 3.14. The number of nitrogens with one attached hydrogen (secondary N) is 3. The number of nitro groups is 2. The summed E-state index contributed by atoms with van der Waals surface area (Å²) in [6.07, 6.45) is 0. The van der Waals surface area contributed by atoms with Crippen LogP contribution in [0.25, 0.3) is 33.0 Å². The van der Waals surface area contributed by atoms with Crippen LogP contribution in [0.3, 0.4) is 0 Å². The zero-order valence-corrected chi connectivity index (χ0v) is 36.7. The number of sulfonamides is 1. The third kappa shape index (κ3) is 11.5. The summed E-state index contributed by atoms with van der Waals surface area (Å²) in [4.78, 5) is 19.6. The first-order valence-electron chi connectivity index (χ1n) is 15.1. The van der Waals surface area contributed by atoms with E-state index in [-0.39, 0.29) is 126 Å². The Morgan fingerprint density at radius 1 is 0.586 bits per heavy atom. The maximum absolute atomic E-state index is 11.9. The molecular formula is C33H22CoN9Na2O11S2. The third-order valence-corrected chi connectivity index (χ3v) is 9.86. The van der Waals surface area contributed by atoms with E-state index in [0.29, 0.717) is 21.5 Å². The van der Waals surface area contributed by atoms with E-state index in [2.05, 4.69) is 25.2 Å². The van der Waals surface area contributed by atoms with Crippen molar-refractivity contribution in [2.24, 2.45) is 20.5 Å². The van der Waals surface area contributed by atoms with Crippen molar-refractivity contribution < 1.29 is 117 Å². The molecule has 0 unspecified atom stereocenters. The van der Waals surface area contributed by atoms with Crippen LogP contribution in [0.2, 0.25) is 0 Å². The van der Waals surface area contributed by atoms with Gasteiger partial charge in [0.25, 0.3) is 11.4 Å². The molecule has 3 N–H and O–H groups in total. The fourth-order valence-corrected chi connectivity index (χ4v) is 6.12. The minimum absolute atomic E-state index is 0. The summed E-state index contributed by atoms with van der Waals surface area (Å²) in [6, 6.07) is 19.9. The number of nitrogens with zero attached hydrogens (tertiary/aromatic N) is 6. The molecule has 0 aromatic heterocycles. The number of rotatable bonds is 9. The predicted octanol–water partition coefficient (Wildman–Crippen LogP) is 1.66. The molecule has 20 nitrogen and oxygen atoms in total. The van der Waals surface area contributed by atoms with E-state index in [1.54, 1.807) is 6.07 Å². The molecule has 0 spiro atoms. The number of fused-ring (bicyclic) bond motifs is 2. The van der Waals surface area contributed by atoms with E-state index in [0.717, 1.165) is 42.5 Å². The molecule has 0 saturated carbocycles. The molecule has 58 heavy (non-hydrogen) atoms. The molecule has 0 aliphatic carbocycles. The SMILES string of the molecule is CNS(=O)(=O)c1ccc2c(N=Nc3ccc([N+](=O)[O-])cc3[O-])c([NH-])ccc2c1.[Co+3].[NH-]c1ccc2cc(S(=O)(=O)[O-])ccc2c1N=Nc1ccc([N+](=O)[O-])cc1[O-].[Na+].[Na+]. The summed E-state index contributed by atoms with van der Waals surface area (Å²) in [5, 5.41) is 62.2. The van der Waals surface area contributed by atoms with Crippen molar-refractivity contribution in [1.29, 1.82) is 0 Å². The Kier molecular flexibility index (Phi) is 17.4. The smallest absolute Gasteiger partial charge is 0.871 e. The quantitative estimate of drug-likeness (QED) is 0.0715. The van der Waals surface area contributed by atoms with E-state index < -0.39 is 46.4 Å². The number of benzene rings is 6. The van der Waals surface area contributed by atoms with Gasteiger partial charge in [-0.25, -0.2) is 21.6 Å². The van der Waals surface area contributed by atoms with Gasteiger partial charge in [-0.05, 0) is 54.2 Å². The van der Waals surface area contributed by atoms with Gasteiger partial charge in [0.1, 0.15) is 10.1 Å². The van der Waals surface area contributed by atoms with Crippen molar-refractivity contribution in [1.82, 2.24) is 4.72 Å². The molecule has 0 fully saturated rings. The molecule has 0 aliphatic heterocycles. The minimum atomic E-state index is -4.64. The second-order valence-corrected chi connectivity index (χ2v) is 14.3. The molecule has 0 amide bonds. The summed E-state index contributed by atoms with van der Waals surface area (Å²) < 4.78 is 59.5. The van der Waals surface area contributed by atoms with Gasteiger partial charge >= 0.3 is 75.9 Å². The Bertz CT molecular complexity index is 2830. The second kappa shape index (κ2) is 20.4. The minimum Gasteiger partial charge on any atom is -0.871 e. The van der Waals surface area contributed by atoms with Crippen LogP contribution in [-0.4, -0.2) is 38.3 Å². The first-order valence-corrected chi connectivity index (χ1v) is 18.0. The van der Waals surface area contributed by atoms with Gasteiger partial charge in [-0.3, -0.25) is 20.2 Å². The third-order valence-electron chi connectivity index (χ3n) is 7.62. The van der Waals surface area contributed by atoms with Crippen molar-refractivity contribution in [3.63, 3.8) is 0 Å². The predicted molar refractivity (Wildman–Crippen MR) is 194 cm³/mol. The number of hydrogen-bond acceptors (Lipinski definition) is 15. The fourth-order valence-electron chi connectivity index (χ4n) is 4.84. The van der Waals surface area contributed by atoms with Gasteiger partial charge in [-0.15, -0.1) is 11.4 Å². The molecule has 6 aromatic carbocycles. The van der Waals surface area contributed by atoms with Crippen LogP contribution in [0, 0.1) is 20.2 Å². The van der Waals surface area contributed by atoms with Crippen molar-refractivity contribution in [3.8, 4) is 11.5 Å². The normalized spacial score (nSPS) is 11.3. The summed E-state index contributed by atoms with van der Waals surface area (Å²) in [5.74, 6) is -1.38. The van der Waals surface area contributed by atoms with Gasteiger partial charge in [0, 0.05) is 35.0 Å². The van der Waals surface area contributed by atoms with Crippen molar-refractivity contribution in [3.05, 3.63) is 129 Å². The van der Waals surface area contributed by atoms with Crippen molar-refractivity contribution >= 4 is 87.2 Å². The van der Waals surface area contributed by atoms with Gasteiger partial charge in [-0.2, -0.15) is 20.5 Å². The van der Waals surface area contributed by atoms with E-state index >= 15 is 0 Å². The maximum Gasteiger partial charge on any atom is 3.00 e. The van der Waals surface area contributed by atoms with Crippen LogP contribution in [0.15, 0.2) is 127 Å². The summed E-state index contributed by atoms with van der Waals surface area (Å²) in [6.45, 7) is 0. The van der Waals surface area contributed by atoms with E-state index in [1.807, 2.05) is 0 Å². The Balaban J connectivity index is 0.000000381. The van der Waals surface area contributed by atoms with Gasteiger partial charge < -0.3 is 26.2 Å². The Hall–Kier alpha value is -4.63. The molecule has 6 aromatic rings. The molecule has 0 aliphatic rings. The van der Waals surface area contributed by atoms with Crippen molar-refractivity contribution in [2.75, 3.05) is 7.05 Å². The van der Waals surface area contributed by atoms with Gasteiger partial charge in [-0.1, -0.05) is 47.9 Å². The topological polar surface area (TPSA) is 333 Å². The largest absolute Gasteiger partial charge is 3.00 e. The van der Waals surface area contributed by atoms with Crippen LogP contribution in [-0.2, 0) is 36.9 Å². The molecular weight excluding hydrogens is 867 g/mol. The van der Waals surface area contributed by atoms with E-state index in [1.165, 1.54) is 55.6 Å². The zero-order chi connectivity index (χ0) is 40.2. The molecule has 25 heteroatoms. The Morgan fingerprint density at radius 3 is 1.34 bits per heavy atom. The van der Waals surface area contributed by atoms with Gasteiger partial charge in [0.15, 0.2) is 0 Å². The van der Waals surface area contributed by atoms with E-state index in [4.69, 9.17) is 11.5 Å². The molecule has 0 atom stereocenters. The molecule has 0 heterocycles. The second-order valence-electron chi connectivity index (χ2n) is 11.1. The molecule has 0 bridgehead atoms. The summed E-state index contributed by atoms with van der Waals surface area (Å²) in [5.41, 5.74) is 15.1. The van der Waals surface area contributed by atoms with E-state index in [9.17, 15) is 51.8 Å². The van der Waals surface area contributed by atoms with Crippen LogP contribution in [0.4, 0.5) is 45.5 Å². The first-order chi connectivity index (χ1) is 25.9. The Morgan fingerprint density at radius 2 is 0.983 bits per heavy atom. The molecule has 6 rings (SSSR count). The van der Waals surface area contributed by atoms with Gasteiger partial charge in [0.2, 0.25) is 10.0 Å². The molecule has 0 saturated heterocycles. The number of hydrogen-bond donors (Lipinski definition) is 1. The van der Waals surface area contributed by atoms with Crippen molar-refractivity contribution in [2.45, 2.75) is 9.79 Å². The number of nitro benzene ring substituents is 2. The van der Waals surface area contributed by atoms with Crippen LogP contribution in [0.5, 0.6) is 11.5 Å². The van der Waals surface area contributed by atoms with Crippen LogP contribution >= 0.6 is 0 Å². The maximum atomic E-state index is 11.9. The summed E-state index contributed by atoms with van der Waals surface area (Å²) in [7, 11) is -6.97. The fraction of sp³-hybridized carbons (Fsp3) is 0.0303. The Labute approximate surface area is 383 Å². The van der Waals surface area contributed by atoms with Gasteiger partial charge in [0.05, 0.1) is 42.4 Å². The average molecular weight is 890 g/mol. The molecule has 0 radical (unpaired) electrons. The monoisotopic (exact) mass is 889 g/mol. The number of non-ortho nitro benzene ring substituents is 2. The standard InChI is InChI=1S/C17H14N5O5S.C16H11N4O6S.Co.2Na/c1-19-28(26,27)12-4-5-13-10(8-12)2-6-14(18)17(13)21-20-15-7-3-11(22(24)25)9-16(15)23;17-13-5-1-9-7-11(27(24,25)26)3-4-12(9)16(13)19-18-14-6-2-10(20(22)23)8-15(14)21;;;/h2-9,19H,1H3,(H2-,18,20,21,23);1-8H,(H3-,17,18,19,21,24,25,26);;;/q2*-1;+3;2*+1/p-3. The van der Waals surface area contributed by atoms with Crippen LogP contribution < -0.4 is 74.0 Å². The first kappa shape index (κ1) is 49.5. The zero-order valence-electron chi connectivity index (χ0n) is 30.1. The molecule has 288 valence electrons. The number of azo groups is 2. The summed E-state index contributed by atoms with van der Waals surface area (Å²) >= 11 is 0. The van der Waals surface area contributed by atoms with Crippen LogP contribution in [0.1, 0.15) is 0 Å².